The van der Waals surface area contributed by atoms with Crippen molar-refractivity contribution in [2.45, 2.75) is 44.2 Å². The number of nitrogens with two attached hydrogens (primary N) is 1. The van der Waals surface area contributed by atoms with Crippen LogP contribution in [0.2, 0.25) is 0 Å². The predicted molar refractivity (Wildman–Crippen MR) is 96.6 cm³/mol. The fraction of sp³-hybridized carbons (Fsp3) is 0.368. The van der Waals surface area contributed by atoms with Gasteiger partial charge < -0.3 is 25.3 Å². The number of aromatic nitrogens is 3. The normalized spacial score (nSPS) is 25.2. The zero-order valence-corrected chi connectivity index (χ0v) is 14.8. The minimum absolute atomic E-state index is 0.111. The molecule has 2 aromatic heterocycles. The Bertz CT molecular complexity index is 977. The van der Waals surface area contributed by atoms with Crippen molar-refractivity contribution < 1.29 is 19.3 Å². The van der Waals surface area contributed by atoms with E-state index >= 15 is 0 Å². The first-order chi connectivity index (χ1) is 13.0. The van der Waals surface area contributed by atoms with Gasteiger partial charge in [-0.05, 0) is 31.2 Å². The molecular formula is C19H21FN4O3. The first-order valence-electron chi connectivity index (χ1n) is 8.79. The average Bonchev–Trinajstić information content (AvgIpc) is 3.20. The fourth-order valence-corrected chi connectivity index (χ4v) is 3.71. The van der Waals surface area contributed by atoms with Crippen LogP contribution in [-0.2, 0) is 6.54 Å². The van der Waals surface area contributed by atoms with Gasteiger partial charge in [0.1, 0.15) is 41.9 Å². The van der Waals surface area contributed by atoms with E-state index in [4.69, 9.17) is 10.5 Å². The molecular weight excluding hydrogens is 351 g/mol. The number of halogens is 1. The third-order valence-electron chi connectivity index (χ3n) is 5.19. The van der Waals surface area contributed by atoms with E-state index in [9.17, 15) is 14.6 Å². The van der Waals surface area contributed by atoms with Crippen molar-refractivity contribution in [2.75, 3.05) is 0 Å². The summed E-state index contributed by atoms with van der Waals surface area (Å²) in [5.41, 5.74) is 7.71. The lowest BCUT2D eigenvalue weighted by Gasteiger charge is -2.20. The molecule has 1 saturated carbocycles. The van der Waals surface area contributed by atoms with Gasteiger partial charge in [0.15, 0.2) is 0 Å². The third kappa shape index (κ3) is 3.05. The Kier molecular flexibility index (Phi) is 4.55. The molecule has 0 saturated heterocycles. The second-order valence-electron chi connectivity index (χ2n) is 6.82. The van der Waals surface area contributed by atoms with E-state index in [-0.39, 0.29) is 6.54 Å². The summed E-state index contributed by atoms with van der Waals surface area (Å²) in [6.07, 6.45) is 0.913. The molecule has 0 amide bonds. The summed E-state index contributed by atoms with van der Waals surface area (Å²) in [7, 11) is 0. The Balaban J connectivity index is 1.62. The van der Waals surface area contributed by atoms with E-state index in [1.54, 1.807) is 0 Å². The molecule has 8 heteroatoms. The molecule has 7 nitrogen and oxygen atoms in total. The molecule has 4 atom stereocenters. The molecule has 0 bridgehead atoms. The highest BCUT2D eigenvalue weighted by molar-refractivity contribution is 5.78. The van der Waals surface area contributed by atoms with Crippen molar-refractivity contribution >= 4 is 11.0 Å². The van der Waals surface area contributed by atoms with Crippen LogP contribution in [0.3, 0.4) is 0 Å². The molecule has 1 fully saturated rings. The molecule has 0 radical (unpaired) electrons. The van der Waals surface area contributed by atoms with Crippen LogP contribution in [0.1, 0.15) is 23.7 Å². The predicted octanol–water partition coefficient (Wildman–Crippen LogP) is 1.45. The second kappa shape index (κ2) is 6.88. The van der Waals surface area contributed by atoms with E-state index in [1.165, 1.54) is 24.5 Å². The van der Waals surface area contributed by atoms with Gasteiger partial charge in [0.05, 0.1) is 11.7 Å². The molecule has 1 aromatic carbocycles. The smallest absolute Gasteiger partial charge is 0.143 e. The third-order valence-corrected chi connectivity index (χ3v) is 5.19. The van der Waals surface area contributed by atoms with Crippen LogP contribution in [0.25, 0.3) is 11.0 Å². The maximum Gasteiger partial charge on any atom is 0.143 e. The van der Waals surface area contributed by atoms with Gasteiger partial charge in [0.2, 0.25) is 0 Å². The highest BCUT2D eigenvalue weighted by atomic mass is 19.1. The molecule has 0 aliphatic heterocycles. The van der Waals surface area contributed by atoms with Gasteiger partial charge >= 0.3 is 0 Å². The highest BCUT2D eigenvalue weighted by Crippen LogP contribution is 2.36. The Hall–Kier alpha value is -2.55. The fourth-order valence-electron chi connectivity index (χ4n) is 3.71. The number of aliphatic hydroxyl groups excluding tert-OH is 2. The number of fused-ring (bicyclic) bond motifs is 1. The van der Waals surface area contributed by atoms with Crippen molar-refractivity contribution in [3.05, 3.63) is 53.9 Å². The minimum atomic E-state index is -1.09. The van der Waals surface area contributed by atoms with Crippen molar-refractivity contribution in [1.29, 1.82) is 0 Å². The summed E-state index contributed by atoms with van der Waals surface area (Å²) in [6, 6.07) is 5.57. The minimum Gasteiger partial charge on any atom is -0.487 e. The van der Waals surface area contributed by atoms with Crippen LogP contribution in [0.4, 0.5) is 4.39 Å². The lowest BCUT2D eigenvalue weighted by atomic mass is 10.2. The molecule has 0 spiro atoms. The number of rotatable bonds is 4. The average molecular weight is 372 g/mol. The zero-order chi connectivity index (χ0) is 19.1. The molecule has 3 unspecified atom stereocenters. The zero-order valence-electron chi connectivity index (χ0n) is 14.8. The van der Waals surface area contributed by atoms with Crippen LogP contribution in [-0.4, -0.2) is 43.1 Å². The summed E-state index contributed by atoms with van der Waals surface area (Å²) in [6.45, 7) is 2.00. The van der Waals surface area contributed by atoms with Crippen LogP contribution >= 0.6 is 0 Å². The number of nitrogens with zero attached hydrogens (tertiary/aromatic N) is 3. The standard InChI is InChI=1S/C19H21FN4O3/c1-10-13-4-5-24(19(13)23-9-22-10)14-7-16(18(26)17(14)25)27-15-3-2-12(20)6-11(15)8-21/h2-6,9,14,16-18,25-26H,7-8,21H2,1H3/t14?,16-,17?,18?/m1/s1. The SMILES string of the molecule is Cc1ncnc2c1ccn2C1C[C@@H](Oc2ccc(F)cc2CN)C(O)C1O. The summed E-state index contributed by atoms with van der Waals surface area (Å²) in [5, 5.41) is 22.0. The lowest BCUT2D eigenvalue weighted by molar-refractivity contribution is -0.0166. The van der Waals surface area contributed by atoms with Crippen molar-refractivity contribution in [3.8, 4) is 5.75 Å². The Morgan fingerprint density at radius 2 is 2.07 bits per heavy atom. The van der Waals surface area contributed by atoms with Crippen LogP contribution in [0.5, 0.6) is 5.75 Å². The topological polar surface area (TPSA) is 106 Å². The number of benzene rings is 1. The van der Waals surface area contributed by atoms with Crippen LogP contribution < -0.4 is 10.5 Å². The largest absolute Gasteiger partial charge is 0.487 e. The van der Waals surface area contributed by atoms with Gasteiger partial charge in [0.25, 0.3) is 0 Å². The first-order valence-corrected chi connectivity index (χ1v) is 8.79. The van der Waals surface area contributed by atoms with Crippen LogP contribution in [0.15, 0.2) is 36.8 Å². The van der Waals surface area contributed by atoms with Gasteiger partial charge in [-0.3, -0.25) is 0 Å². The highest BCUT2D eigenvalue weighted by Gasteiger charge is 2.44. The maximum atomic E-state index is 13.4. The van der Waals surface area contributed by atoms with Crippen molar-refractivity contribution in [2.24, 2.45) is 5.73 Å². The quantitative estimate of drug-likeness (QED) is 0.640. The van der Waals surface area contributed by atoms with Gasteiger partial charge in [-0.1, -0.05) is 0 Å². The molecule has 2 heterocycles. The monoisotopic (exact) mass is 372 g/mol. The molecule has 4 N–H and O–H groups in total. The van der Waals surface area contributed by atoms with Gasteiger partial charge in [-0.15, -0.1) is 0 Å². The summed E-state index contributed by atoms with van der Waals surface area (Å²) in [5.74, 6) is 0.00730. The molecule has 4 rings (SSSR count). The summed E-state index contributed by atoms with van der Waals surface area (Å²) >= 11 is 0. The second-order valence-corrected chi connectivity index (χ2v) is 6.82. The van der Waals surface area contributed by atoms with E-state index in [0.29, 0.717) is 23.4 Å². The van der Waals surface area contributed by atoms with Gasteiger partial charge in [-0.25, -0.2) is 14.4 Å². The summed E-state index contributed by atoms with van der Waals surface area (Å²) < 4.78 is 21.1. The van der Waals surface area contributed by atoms with E-state index in [0.717, 1.165) is 11.1 Å². The van der Waals surface area contributed by atoms with Crippen LogP contribution in [0, 0.1) is 12.7 Å². The molecule has 27 heavy (non-hydrogen) atoms. The van der Waals surface area contributed by atoms with E-state index in [1.807, 2.05) is 23.8 Å². The molecule has 142 valence electrons. The molecule has 3 aromatic rings. The number of aryl methyl sites for hydroxylation is 1. The van der Waals surface area contributed by atoms with Crippen molar-refractivity contribution in [3.63, 3.8) is 0 Å². The number of aliphatic hydroxyl groups is 2. The summed E-state index contributed by atoms with van der Waals surface area (Å²) in [4.78, 5) is 8.49. The number of ether oxygens (including phenoxy) is 1. The number of hydrogen-bond donors (Lipinski definition) is 3. The Morgan fingerprint density at radius 1 is 1.26 bits per heavy atom. The van der Waals surface area contributed by atoms with Gasteiger partial charge in [0, 0.05) is 30.1 Å². The van der Waals surface area contributed by atoms with E-state index in [2.05, 4.69) is 9.97 Å². The van der Waals surface area contributed by atoms with Crippen molar-refractivity contribution in [1.82, 2.24) is 14.5 Å². The maximum absolute atomic E-state index is 13.4. The Morgan fingerprint density at radius 3 is 2.85 bits per heavy atom. The first kappa shape index (κ1) is 17.8. The van der Waals surface area contributed by atoms with Gasteiger partial charge in [-0.2, -0.15) is 0 Å². The molecule has 1 aliphatic rings. The number of hydrogen-bond acceptors (Lipinski definition) is 6. The Labute approximate surface area is 155 Å². The lowest BCUT2D eigenvalue weighted by Crippen LogP contribution is -2.34. The van der Waals surface area contributed by atoms with E-state index < -0.39 is 30.2 Å². The molecule has 1 aliphatic carbocycles.